The van der Waals surface area contributed by atoms with Crippen molar-refractivity contribution >= 4 is 46.0 Å². The van der Waals surface area contributed by atoms with Crippen molar-refractivity contribution in [1.29, 1.82) is 0 Å². The third-order valence-electron chi connectivity index (χ3n) is 11.4. The number of aryl methyl sites for hydroxylation is 3. The first-order valence-electron chi connectivity index (χ1n) is 21.4. The number of hydrogen-bond donors (Lipinski definition) is 1. The number of benzene rings is 3. The quantitative estimate of drug-likeness (QED) is 0.0741. The van der Waals surface area contributed by atoms with Gasteiger partial charge in [-0.25, -0.2) is 9.37 Å². The number of fused-ring (bicyclic) bond motifs is 4. The number of ether oxygens (including phenoxy) is 4. The fourth-order valence-corrected chi connectivity index (χ4v) is 9.32. The van der Waals surface area contributed by atoms with E-state index in [1.165, 1.54) is 10.9 Å². The van der Waals surface area contributed by atoms with Gasteiger partial charge in [0, 0.05) is 70.6 Å². The van der Waals surface area contributed by atoms with Crippen LogP contribution in [0.25, 0.3) is 16.1 Å². The van der Waals surface area contributed by atoms with Gasteiger partial charge in [-0.3, -0.25) is 19.1 Å². The number of anilines is 1. The lowest BCUT2D eigenvalue weighted by Crippen LogP contribution is -2.15. The molecule has 4 heterocycles. The summed E-state index contributed by atoms with van der Waals surface area (Å²) in [6.45, 7) is 11.6. The fraction of sp³-hybridized carbons (Fsp3) is 0.347. The Morgan fingerprint density at radius 2 is 1.55 bits per heavy atom. The second-order valence-corrected chi connectivity index (χ2v) is 17.6. The van der Waals surface area contributed by atoms with E-state index in [1.807, 2.05) is 68.4 Å². The zero-order valence-corrected chi connectivity index (χ0v) is 37.9. The molecule has 3 aromatic carbocycles. The van der Waals surface area contributed by atoms with Crippen LogP contribution in [-0.4, -0.2) is 89.8 Å². The Bertz CT molecular complexity index is 2680. The van der Waals surface area contributed by atoms with Gasteiger partial charge in [0.05, 0.1) is 45.4 Å². The predicted octanol–water partition coefficient (Wildman–Crippen LogP) is 8.72. The second kappa shape index (κ2) is 20.5. The first-order chi connectivity index (χ1) is 31.0. The maximum Gasteiger partial charge on any atom is 0.163 e. The smallest absolute Gasteiger partial charge is 0.163 e. The Hall–Kier alpha value is -5.64. The number of ketones is 2. The summed E-state index contributed by atoms with van der Waals surface area (Å²) in [6, 6.07) is 19.8. The van der Waals surface area contributed by atoms with E-state index in [1.54, 1.807) is 23.6 Å². The van der Waals surface area contributed by atoms with Gasteiger partial charge in [0.2, 0.25) is 0 Å². The third kappa shape index (κ3) is 10.5. The van der Waals surface area contributed by atoms with Gasteiger partial charge in [-0.2, -0.15) is 0 Å². The molecule has 3 aromatic heterocycles. The van der Waals surface area contributed by atoms with Crippen molar-refractivity contribution in [2.75, 3.05) is 58.1 Å². The molecule has 0 amide bonds. The molecule has 0 saturated heterocycles. The summed E-state index contributed by atoms with van der Waals surface area (Å²) in [6.07, 6.45) is 2.75. The summed E-state index contributed by atoms with van der Waals surface area (Å²) in [5.74, 6) is 2.60. The number of hydrogen-bond acceptors (Lipinski definition) is 12. The van der Waals surface area contributed by atoms with E-state index in [-0.39, 0.29) is 30.2 Å². The van der Waals surface area contributed by atoms with Crippen LogP contribution in [-0.2, 0) is 43.1 Å². The van der Waals surface area contributed by atoms with Crippen LogP contribution in [0.5, 0.6) is 5.75 Å². The molecular weight excluding hydrogens is 855 g/mol. The summed E-state index contributed by atoms with van der Waals surface area (Å²) in [4.78, 5) is 36.3. The molecular formula is C49H50ClFN6O6S. The minimum absolute atomic E-state index is 0.0428. The zero-order valence-electron chi connectivity index (χ0n) is 36.3. The van der Waals surface area contributed by atoms with E-state index in [0.717, 1.165) is 55.5 Å². The normalized spacial score (nSPS) is 14.2. The van der Waals surface area contributed by atoms with Gasteiger partial charge in [0.1, 0.15) is 52.4 Å². The van der Waals surface area contributed by atoms with Gasteiger partial charge in [0.15, 0.2) is 5.82 Å². The lowest BCUT2D eigenvalue weighted by atomic mass is 9.98. The molecule has 15 heteroatoms. The SMILES string of the molecule is Cc1cc(NCCOCCOCCOCCOc2ccc(CC(=O)C[C@@H]3N=C(c4ccc(Cl)cc4)c4c(sc(C)c4C)-n4c(C)nnc43)cc2)ncc1-c1cc2c(cc1F)CC(=O)C2. The predicted molar refractivity (Wildman–Crippen MR) is 246 cm³/mol. The number of Topliss-reactive ketones (excluding diaryl/α,β-unsaturated/α-hetero) is 2. The van der Waals surface area contributed by atoms with E-state index in [2.05, 4.69) is 38.9 Å². The maximum atomic E-state index is 14.8. The molecule has 6 aromatic rings. The Morgan fingerprint density at radius 3 is 2.27 bits per heavy atom. The van der Waals surface area contributed by atoms with Crippen molar-refractivity contribution in [2.24, 2.45) is 4.99 Å². The summed E-state index contributed by atoms with van der Waals surface area (Å²) in [7, 11) is 0. The highest BCUT2D eigenvalue weighted by atomic mass is 35.5. The van der Waals surface area contributed by atoms with Crippen LogP contribution in [0.2, 0.25) is 5.02 Å². The molecule has 0 saturated carbocycles. The summed E-state index contributed by atoms with van der Waals surface area (Å²) in [5, 5.41) is 13.8. The first-order valence-corrected chi connectivity index (χ1v) is 22.6. The van der Waals surface area contributed by atoms with Gasteiger partial charge in [-0.15, -0.1) is 21.5 Å². The lowest BCUT2D eigenvalue weighted by molar-refractivity contribution is -0.119. The zero-order chi connectivity index (χ0) is 44.7. The lowest BCUT2D eigenvalue weighted by Gasteiger charge is -2.13. The summed E-state index contributed by atoms with van der Waals surface area (Å²) >= 11 is 7.93. The fourth-order valence-electron chi connectivity index (χ4n) is 7.98. The molecule has 1 atom stereocenters. The van der Waals surface area contributed by atoms with Crippen molar-refractivity contribution in [3.8, 4) is 21.9 Å². The number of halogens is 2. The van der Waals surface area contributed by atoms with Crippen LogP contribution in [0.3, 0.4) is 0 Å². The van der Waals surface area contributed by atoms with Gasteiger partial charge in [0.25, 0.3) is 0 Å². The highest BCUT2D eigenvalue weighted by molar-refractivity contribution is 7.15. The minimum atomic E-state index is -0.513. The van der Waals surface area contributed by atoms with Crippen LogP contribution in [0, 0.1) is 33.5 Å². The van der Waals surface area contributed by atoms with Crippen molar-refractivity contribution in [3.63, 3.8) is 0 Å². The van der Waals surface area contributed by atoms with Gasteiger partial charge < -0.3 is 24.3 Å². The Balaban J connectivity index is 0.709. The number of rotatable bonds is 20. The summed E-state index contributed by atoms with van der Waals surface area (Å²) < 4.78 is 39.7. The van der Waals surface area contributed by atoms with E-state index >= 15 is 0 Å². The first kappa shape index (κ1) is 44.9. The molecule has 8 rings (SSSR count). The standard InChI is InChI=1S/C49H50ClFN6O6S/c1-29-21-45(53-28-42(29)41-25-35-23-39(59)24-36(35)26-43(41)51)52-13-14-60-15-16-61-17-18-62-19-20-63-40-11-5-33(6-12-40)22-38(58)27-44-48-56-55-32(4)57(48)49-46(30(2)31(3)64-49)47(54-44)34-7-9-37(50)10-8-34/h5-12,21,25-26,28,44H,13-20,22-24,27H2,1-4H3,(H,52,53)/t44-/m0/s1. The summed E-state index contributed by atoms with van der Waals surface area (Å²) in [5.41, 5.74) is 8.54. The highest BCUT2D eigenvalue weighted by Crippen LogP contribution is 2.40. The molecule has 12 nitrogen and oxygen atoms in total. The Labute approximate surface area is 380 Å². The Kier molecular flexibility index (Phi) is 14.4. The molecule has 0 unspecified atom stereocenters. The van der Waals surface area contributed by atoms with E-state index in [9.17, 15) is 14.0 Å². The van der Waals surface area contributed by atoms with Crippen molar-refractivity contribution in [3.05, 3.63) is 139 Å². The molecule has 2 aliphatic rings. The molecule has 0 fully saturated rings. The largest absolute Gasteiger partial charge is 0.491 e. The van der Waals surface area contributed by atoms with Crippen molar-refractivity contribution in [2.45, 2.75) is 59.4 Å². The van der Waals surface area contributed by atoms with E-state index in [4.69, 9.17) is 35.5 Å². The molecule has 0 radical (unpaired) electrons. The number of pyridine rings is 1. The second-order valence-electron chi connectivity index (χ2n) is 16.0. The monoisotopic (exact) mass is 904 g/mol. The Morgan fingerprint density at radius 1 is 0.859 bits per heavy atom. The number of carbonyl (C=O) groups is 2. The minimum Gasteiger partial charge on any atom is -0.491 e. The van der Waals surface area contributed by atoms with Crippen molar-refractivity contribution < 1.29 is 32.9 Å². The number of aliphatic imine (C=N–C) groups is 1. The number of nitrogens with zero attached hydrogens (tertiary/aromatic N) is 5. The van der Waals surface area contributed by atoms with Gasteiger partial charge in [-0.05, 0) is 98.0 Å². The average Bonchev–Trinajstić information content (AvgIpc) is 3.90. The van der Waals surface area contributed by atoms with Crippen molar-refractivity contribution in [1.82, 2.24) is 19.7 Å². The van der Waals surface area contributed by atoms with Crippen LogP contribution in [0.1, 0.15) is 67.9 Å². The number of nitrogens with one attached hydrogen (secondary N) is 1. The highest BCUT2D eigenvalue weighted by Gasteiger charge is 2.32. The average molecular weight is 905 g/mol. The van der Waals surface area contributed by atoms with Crippen LogP contribution < -0.4 is 10.1 Å². The number of carbonyl (C=O) groups excluding carboxylic acids is 2. The molecule has 64 heavy (non-hydrogen) atoms. The molecule has 1 N–H and O–H groups in total. The third-order valence-corrected chi connectivity index (χ3v) is 12.8. The van der Waals surface area contributed by atoms with Gasteiger partial charge in [-0.1, -0.05) is 35.9 Å². The van der Waals surface area contributed by atoms with Gasteiger partial charge >= 0.3 is 0 Å². The molecule has 332 valence electrons. The molecule has 0 bridgehead atoms. The van der Waals surface area contributed by atoms with Crippen LogP contribution in [0.4, 0.5) is 10.2 Å². The topological polar surface area (TPSA) is 139 Å². The number of aromatic nitrogens is 4. The maximum absolute atomic E-state index is 14.8. The van der Waals surface area contributed by atoms with Crippen LogP contribution in [0.15, 0.2) is 77.9 Å². The van der Waals surface area contributed by atoms with E-state index < -0.39 is 6.04 Å². The molecule has 1 aliphatic heterocycles. The number of thiophene rings is 1. The molecule has 0 spiro atoms. The van der Waals surface area contributed by atoms with E-state index in [0.29, 0.717) is 99.2 Å². The molecule has 1 aliphatic carbocycles. The van der Waals surface area contributed by atoms with Crippen LogP contribution >= 0.6 is 22.9 Å².